The van der Waals surface area contributed by atoms with E-state index in [0.29, 0.717) is 6.54 Å². The van der Waals surface area contributed by atoms with Gasteiger partial charge in [0.25, 0.3) is 0 Å². The van der Waals surface area contributed by atoms with E-state index in [0.717, 1.165) is 11.3 Å². The molecule has 0 bridgehead atoms. The van der Waals surface area contributed by atoms with Gasteiger partial charge in [-0.1, -0.05) is 19.9 Å². The van der Waals surface area contributed by atoms with Crippen LogP contribution in [-0.4, -0.2) is 22.1 Å². The van der Waals surface area contributed by atoms with E-state index in [-0.39, 0.29) is 5.92 Å². The van der Waals surface area contributed by atoms with Crippen LogP contribution in [0.25, 0.3) is 0 Å². The summed E-state index contributed by atoms with van der Waals surface area (Å²) in [6, 6.07) is 3.35. The molecule has 0 spiro atoms. The molecular formula is C12H18N2O2. The Morgan fingerprint density at radius 1 is 1.50 bits per heavy atom. The highest BCUT2D eigenvalue weighted by molar-refractivity contribution is 5.73. The normalized spacial score (nSPS) is 12.8. The van der Waals surface area contributed by atoms with Crippen LogP contribution in [-0.2, 0) is 11.3 Å². The van der Waals surface area contributed by atoms with Gasteiger partial charge in [-0.2, -0.15) is 0 Å². The molecule has 1 aromatic rings. The van der Waals surface area contributed by atoms with E-state index in [1.807, 2.05) is 32.9 Å². The molecule has 1 heterocycles. The van der Waals surface area contributed by atoms with E-state index in [1.54, 1.807) is 6.20 Å². The van der Waals surface area contributed by atoms with Crippen molar-refractivity contribution in [3.05, 3.63) is 29.6 Å². The highest BCUT2D eigenvalue weighted by Crippen LogP contribution is 2.04. The van der Waals surface area contributed by atoms with Gasteiger partial charge in [-0.05, 0) is 24.5 Å². The van der Waals surface area contributed by atoms with E-state index in [1.165, 1.54) is 0 Å². The van der Waals surface area contributed by atoms with Crippen LogP contribution in [0.4, 0.5) is 0 Å². The van der Waals surface area contributed by atoms with E-state index >= 15 is 0 Å². The predicted octanol–water partition coefficient (Wildman–Crippen LogP) is 1.59. The summed E-state index contributed by atoms with van der Waals surface area (Å²) >= 11 is 0. The number of rotatable bonds is 5. The van der Waals surface area contributed by atoms with Crippen molar-refractivity contribution in [3.63, 3.8) is 0 Å². The number of pyridine rings is 1. The van der Waals surface area contributed by atoms with Crippen molar-refractivity contribution in [3.8, 4) is 0 Å². The largest absolute Gasteiger partial charge is 0.480 e. The standard InChI is InChI=1S/C12H18N2O2/c1-8(2)11(12(15)16)14-7-10-5-4-9(3)6-13-10/h4-6,8,11,14H,7H2,1-3H3,(H,15,16). The monoisotopic (exact) mass is 222 g/mol. The molecular weight excluding hydrogens is 204 g/mol. The number of hydrogen-bond acceptors (Lipinski definition) is 3. The van der Waals surface area contributed by atoms with Crippen molar-refractivity contribution in [1.29, 1.82) is 0 Å². The number of aliphatic carboxylic acids is 1. The molecule has 1 unspecified atom stereocenters. The quantitative estimate of drug-likeness (QED) is 0.794. The Balaban J connectivity index is 2.55. The molecule has 0 aliphatic heterocycles. The van der Waals surface area contributed by atoms with Crippen molar-refractivity contribution in [2.75, 3.05) is 0 Å². The molecule has 1 rings (SSSR count). The van der Waals surface area contributed by atoms with Gasteiger partial charge in [0.15, 0.2) is 0 Å². The molecule has 1 aromatic heterocycles. The molecule has 0 aromatic carbocycles. The van der Waals surface area contributed by atoms with E-state index in [4.69, 9.17) is 5.11 Å². The van der Waals surface area contributed by atoms with Gasteiger partial charge in [0.2, 0.25) is 0 Å². The molecule has 16 heavy (non-hydrogen) atoms. The first kappa shape index (κ1) is 12.6. The first-order chi connectivity index (χ1) is 7.50. The molecule has 1 atom stereocenters. The summed E-state index contributed by atoms with van der Waals surface area (Å²) in [6.45, 7) is 6.22. The summed E-state index contributed by atoms with van der Waals surface area (Å²) in [5.74, 6) is -0.759. The minimum absolute atomic E-state index is 0.0583. The Bertz CT molecular complexity index is 347. The van der Waals surface area contributed by atoms with Crippen LogP contribution in [0.3, 0.4) is 0 Å². The van der Waals surface area contributed by atoms with Crippen LogP contribution in [0, 0.1) is 12.8 Å². The lowest BCUT2D eigenvalue weighted by molar-refractivity contribution is -0.140. The molecule has 0 fully saturated rings. The number of carbonyl (C=O) groups is 1. The minimum Gasteiger partial charge on any atom is -0.480 e. The van der Waals surface area contributed by atoms with Crippen LogP contribution in [0.2, 0.25) is 0 Å². The lowest BCUT2D eigenvalue weighted by Gasteiger charge is -2.17. The summed E-state index contributed by atoms with van der Waals surface area (Å²) < 4.78 is 0. The number of carboxylic acids is 1. The van der Waals surface area contributed by atoms with Crippen molar-refractivity contribution < 1.29 is 9.90 Å². The summed E-state index contributed by atoms with van der Waals surface area (Å²) in [4.78, 5) is 15.1. The van der Waals surface area contributed by atoms with Crippen molar-refractivity contribution in [2.24, 2.45) is 5.92 Å². The topological polar surface area (TPSA) is 62.2 Å². The molecule has 4 heteroatoms. The zero-order chi connectivity index (χ0) is 12.1. The molecule has 0 amide bonds. The van der Waals surface area contributed by atoms with Gasteiger partial charge in [0.1, 0.15) is 6.04 Å². The Morgan fingerprint density at radius 2 is 2.19 bits per heavy atom. The number of aryl methyl sites for hydroxylation is 1. The highest BCUT2D eigenvalue weighted by Gasteiger charge is 2.20. The average molecular weight is 222 g/mol. The van der Waals surface area contributed by atoms with Crippen molar-refractivity contribution in [1.82, 2.24) is 10.3 Å². The Hall–Kier alpha value is -1.42. The third kappa shape index (κ3) is 3.62. The number of nitrogens with zero attached hydrogens (tertiary/aromatic N) is 1. The van der Waals surface area contributed by atoms with Crippen LogP contribution in [0.1, 0.15) is 25.1 Å². The fraction of sp³-hybridized carbons (Fsp3) is 0.500. The van der Waals surface area contributed by atoms with E-state index in [2.05, 4.69) is 10.3 Å². The van der Waals surface area contributed by atoms with Crippen LogP contribution < -0.4 is 5.32 Å². The molecule has 0 radical (unpaired) electrons. The summed E-state index contributed by atoms with van der Waals surface area (Å²) in [7, 11) is 0. The van der Waals surface area contributed by atoms with Gasteiger partial charge in [-0.25, -0.2) is 0 Å². The fourth-order valence-corrected chi connectivity index (χ4v) is 1.43. The molecule has 2 N–H and O–H groups in total. The lowest BCUT2D eigenvalue weighted by Crippen LogP contribution is -2.40. The van der Waals surface area contributed by atoms with Crippen LogP contribution in [0.15, 0.2) is 18.3 Å². The zero-order valence-electron chi connectivity index (χ0n) is 9.90. The third-order valence-electron chi connectivity index (χ3n) is 2.41. The smallest absolute Gasteiger partial charge is 0.320 e. The average Bonchev–Trinajstić information content (AvgIpc) is 2.20. The molecule has 0 saturated heterocycles. The van der Waals surface area contributed by atoms with Gasteiger partial charge in [0, 0.05) is 12.7 Å². The fourth-order valence-electron chi connectivity index (χ4n) is 1.43. The van der Waals surface area contributed by atoms with Crippen molar-refractivity contribution in [2.45, 2.75) is 33.4 Å². The Kier molecular flexibility index (Phi) is 4.43. The predicted molar refractivity (Wildman–Crippen MR) is 62.1 cm³/mol. The SMILES string of the molecule is Cc1ccc(CNC(C(=O)O)C(C)C)nc1. The molecule has 88 valence electrons. The van der Waals surface area contributed by atoms with Crippen LogP contribution >= 0.6 is 0 Å². The van der Waals surface area contributed by atoms with E-state index < -0.39 is 12.0 Å². The maximum absolute atomic E-state index is 10.9. The van der Waals surface area contributed by atoms with Gasteiger partial charge in [-0.15, -0.1) is 0 Å². The first-order valence-electron chi connectivity index (χ1n) is 5.38. The van der Waals surface area contributed by atoms with Gasteiger partial charge in [0.05, 0.1) is 5.69 Å². The van der Waals surface area contributed by atoms with Gasteiger partial charge < -0.3 is 5.11 Å². The second-order valence-electron chi connectivity index (χ2n) is 4.27. The second-order valence-corrected chi connectivity index (χ2v) is 4.27. The Labute approximate surface area is 95.7 Å². The second kappa shape index (κ2) is 5.61. The van der Waals surface area contributed by atoms with Crippen LogP contribution in [0.5, 0.6) is 0 Å². The summed E-state index contributed by atoms with van der Waals surface area (Å²) in [5, 5.41) is 12.0. The molecule has 0 aliphatic rings. The lowest BCUT2D eigenvalue weighted by atomic mass is 10.0. The number of carboxylic acid groups (broad SMARTS) is 1. The zero-order valence-corrected chi connectivity index (χ0v) is 9.90. The minimum atomic E-state index is -0.817. The summed E-state index contributed by atoms with van der Waals surface area (Å²) in [5.41, 5.74) is 1.96. The van der Waals surface area contributed by atoms with Gasteiger partial charge in [-0.3, -0.25) is 15.1 Å². The maximum atomic E-state index is 10.9. The highest BCUT2D eigenvalue weighted by atomic mass is 16.4. The maximum Gasteiger partial charge on any atom is 0.320 e. The molecule has 0 aliphatic carbocycles. The third-order valence-corrected chi connectivity index (χ3v) is 2.41. The molecule has 0 saturated carbocycles. The number of nitrogens with one attached hydrogen (secondary N) is 1. The van der Waals surface area contributed by atoms with Gasteiger partial charge >= 0.3 is 5.97 Å². The summed E-state index contributed by atoms with van der Waals surface area (Å²) in [6.07, 6.45) is 1.78. The molecule has 4 nitrogen and oxygen atoms in total. The number of aromatic nitrogens is 1. The number of hydrogen-bond donors (Lipinski definition) is 2. The van der Waals surface area contributed by atoms with Crippen molar-refractivity contribution >= 4 is 5.97 Å². The first-order valence-corrected chi connectivity index (χ1v) is 5.38. The Morgan fingerprint density at radius 3 is 2.62 bits per heavy atom. The van der Waals surface area contributed by atoms with E-state index in [9.17, 15) is 4.79 Å².